The number of hydrogen-bond donors (Lipinski definition) is 1. The Balaban J connectivity index is 2.29. The van der Waals surface area contributed by atoms with E-state index in [0.29, 0.717) is 13.0 Å². The third-order valence-corrected chi connectivity index (χ3v) is 3.06. The fourth-order valence-corrected chi connectivity index (χ4v) is 2.00. The van der Waals surface area contributed by atoms with Crippen LogP contribution in [0.25, 0.3) is 0 Å². The number of para-hydroxylation sites is 1. The van der Waals surface area contributed by atoms with Crippen LogP contribution in [0.5, 0.6) is 0 Å². The Hall–Kier alpha value is -2.38. The highest BCUT2D eigenvalue weighted by Gasteiger charge is 2.10. The van der Waals surface area contributed by atoms with Crippen molar-refractivity contribution in [1.82, 2.24) is 4.98 Å². The first-order valence-electron chi connectivity index (χ1n) is 6.63. The molecule has 1 aromatic carbocycles. The van der Waals surface area contributed by atoms with Gasteiger partial charge in [0.1, 0.15) is 0 Å². The van der Waals surface area contributed by atoms with Crippen LogP contribution in [0.1, 0.15) is 25.1 Å². The van der Waals surface area contributed by atoms with Gasteiger partial charge in [0, 0.05) is 18.3 Å². The van der Waals surface area contributed by atoms with Gasteiger partial charge in [0.15, 0.2) is 0 Å². The van der Waals surface area contributed by atoms with Crippen molar-refractivity contribution in [2.45, 2.75) is 19.4 Å². The zero-order chi connectivity index (χ0) is 14.4. The Bertz CT molecular complexity index is 570. The van der Waals surface area contributed by atoms with Crippen molar-refractivity contribution in [3.05, 3.63) is 54.4 Å². The fourth-order valence-electron chi connectivity index (χ4n) is 2.00. The minimum atomic E-state index is -0.0756. The van der Waals surface area contributed by atoms with Crippen LogP contribution in [-0.2, 0) is 0 Å². The van der Waals surface area contributed by atoms with Crippen molar-refractivity contribution in [2.24, 2.45) is 5.73 Å². The molecule has 0 bridgehead atoms. The molecule has 0 aliphatic rings. The lowest BCUT2D eigenvalue weighted by Gasteiger charge is -2.24. The van der Waals surface area contributed by atoms with Gasteiger partial charge in [0.2, 0.25) is 0 Å². The lowest BCUT2D eigenvalue weighted by molar-refractivity contribution is 0.780. The summed E-state index contributed by atoms with van der Waals surface area (Å²) in [5.74, 6) is 0. The molecule has 0 fully saturated rings. The van der Waals surface area contributed by atoms with Gasteiger partial charge < -0.3 is 10.6 Å². The van der Waals surface area contributed by atoms with E-state index < -0.39 is 0 Å². The molecular weight excluding hydrogens is 248 g/mol. The lowest BCUT2D eigenvalue weighted by atomic mass is 10.2. The van der Waals surface area contributed by atoms with Crippen molar-refractivity contribution < 1.29 is 0 Å². The topological polar surface area (TPSA) is 65.9 Å². The maximum Gasteiger partial charge on any atom is 0.0640 e. The molecule has 4 heteroatoms. The number of anilines is 2. The minimum Gasteiger partial charge on any atom is -0.339 e. The summed E-state index contributed by atoms with van der Waals surface area (Å²) in [4.78, 5) is 6.47. The van der Waals surface area contributed by atoms with E-state index in [1.807, 2.05) is 55.6 Å². The number of benzene rings is 1. The van der Waals surface area contributed by atoms with Crippen LogP contribution in [0.4, 0.5) is 11.4 Å². The van der Waals surface area contributed by atoms with Crippen LogP contribution < -0.4 is 10.6 Å². The molecule has 0 amide bonds. The molecule has 2 aromatic rings. The predicted molar refractivity (Wildman–Crippen MR) is 80.5 cm³/mol. The summed E-state index contributed by atoms with van der Waals surface area (Å²) < 4.78 is 0. The van der Waals surface area contributed by atoms with E-state index in [0.717, 1.165) is 17.1 Å². The summed E-state index contributed by atoms with van der Waals surface area (Å²) in [6.45, 7) is 2.55. The largest absolute Gasteiger partial charge is 0.339 e. The van der Waals surface area contributed by atoms with Gasteiger partial charge in [-0.15, -0.1) is 0 Å². The first-order chi connectivity index (χ1) is 9.72. The Morgan fingerprint density at radius 1 is 1.20 bits per heavy atom. The van der Waals surface area contributed by atoms with Crippen LogP contribution >= 0.6 is 0 Å². The van der Waals surface area contributed by atoms with Gasteiger partial charge in [-0.3, -0.25) is 4.98 Å². The molecule has 1 heterocycles. The Morgan fingerprint density at radius 3 is 2.50 bits per heavy atom. The maximum absolute atomic E-state index is 8.82. The number of aromatic nitrogens is 1. The molecule has 4 nitrogen and oxygen atoms in total. The van der Waals surface area contributed by atoms with Crippen molar-refractivity contribution in [3.8, 4) is 6.07 Å². The first kappa shape index (κ1) is 14.0. The van der Waals surface area contributed by atoms with E-state index >= 15 is 0 Å². The molecule has 0 unspecified atom stereocenters. The number of nitrogens with two attached hydrogens (primary N) is 1. The maximum atomic E-state index is 8.82. The number of nitrogens with zero attached hydrogens (tertiary/aromatic N) is 3. The average molecular weight is 266 g/mol. The molecule has 1 aromatic heterocycles. The van der Waals surface area contributed by atoms with E-state index in [-0.39, 0.29) is 6.04 Å². The molecule has 2 N–H and O–H groups in total. The Morgan fingerprint density at radius 2 is 1.95 bits per heavy atom. The molecule has 20 heavy (non-hydrogen) atoms. The monoisotopic (exact) mass is 266 g/mol. The second-order valence-corrected chi connectivity index (χ2v) is 4.63. The quantitative estimate of drug-likeness (QED) is 0.902. The number of nitriles is 1. The van der Waals surface area contributed by atoms with Crippen molar-refractivity contribution in [1.29, 1.82) is 5.26 Å². The van der Waals surface area contributed by atoms with Gasteiger partial charge in [-0.05, 0) is 31.2 Å². The van der Waals surface area contributed by atoms with E-state index in [1.54, 1.807) is 0 Å². The van der Waals surface area contributed by atoms with Gasteiger partial charge in [-0.2, -0.15) is 5.26 Å². The van der Waals surface area contributed by atoms with Crippen LogP contribution in [0.3, 0.4) is 0 Å². The third-order valence-electron chi connectivity index (χ3n) is 3.06. The van der Waals surface area contributed by atoms with Crippen LogP contribution in [0, 0.1) is 11.3 Å². The smallest absolute Gasteiger partial charge is 0.0640 e. The molecule has 0 saturated carbocycles. The third kappa shape index (κ3) is 3.34. The highest BCUT2D eigenvalue weighted by atomic mass is 15.1. The fraction of sp³-hybridized carbons (Fsp3) is 0.250. The minimum absolute atomic E-state index is 0.0756. The highest BCUT2D eigenvalue weighted by molar-refractivity contribution is 5.62. The molecule has 1 atom stereocenters. The average Bonchev–Trinajstić information content (AvgIpc) is 2.49. The number of hydrogen-bond acceptors (Lipinski definition) is 4. The summed E-state index contributed by atoms with van der Waals surface area (Å²) >= 11 is 0. The standard InChI is InChI=1S/C16H18N4/c1-13(18)16-9-8-15(12-19-16)20(11-5-10-17)14-6-3-2-4-7-14/h2-4,6-9,12-13H,5,11,18H2,1H3/t13-/m1/s1. The summed E-state index contributed by atoms with van der Waals surface area (Å²) in [6, 6.07) is 16.0. The molecule has 0 aliphatic heterocycles. The van der Waals surface area contributed by atoms with Crippen molar-refractivity contribution in [2.75, 3.05) is 11.4 Å². The first-order valence-corrected chi connectivity index (χ1v) is 6.63. The SMILES string of the molecule is C[C@@H](N)c1ccc(N(CCC#N)c2ccccc2)cn1. The second kappa shape index (κ2) is 6.69. The van der Waals surface area contributed by atoms with Crippen molar-refractivity contribution >= 4 is 11.4 Å². The van der Waals surface area contributed by atoms with E-state index in [4.69, 9.17) is 11.0 Å². The summed E-state index contributed by atoms with van der Waals surface area (Å²) in [5.41, 5.74) is 8.70. The number of pyridine rings is 1. The van der Waals surface area contributed by atoms with Gasteiger partial charge >= 0.3 is 0 Å². The molecule has 2 rings (SSSR count). The molecule has 102 valence electrons. The summed E-state index contributed by atoms with van der Waals surface area (Å²) in [5, 5.41) is 8.82. The highest BCUT2D eigenvalue weighted by Crippen LogP contribution is 2.25. The van der Waals surface area contributed by atoms with Gasteiger partial charge in [-0.25, -0.2) is 0 Å². The summed E-state index contributed by atoms with van der Waals surface area (Å²) in [7, 11) is 0. The molecule has 0 aliphatic carbocycles. The van der Waals surface area contributed by atoms with Crippen LogP contribution in [-0.4, -0.2) is 11.5 Å². The van der Waals surface area contributed by atoms with E-state index in [1.165, 1.54) is 0 Å². The Labute approximate surface area is 119 Å². The van der Waals surface area contributed by atoms with Crippen molar-refractivity contribution in [3.63, 3.8) is 0 Å². The predicted octanol–water partition coefficient (Wildman–Crippen LogP) is 3.15. The van der Waals surface area contributed by atoms with E-state index in [9.17, 15) is 0 Å². The molecule has 0 radical (unpaired) electrons. The lowest BCUT2D eigenvalue weighted by Crippen LogP contribution is -2.18. The molecular formula is C16H18N4. The van der Waals surface area contributed by atoms with E-state index in [2.05, 4.69) is 16.0 Å². The number of rotatable bonds is 5. The molecule has 0 spiro atoms. The normalized spacial score (nSPS) is 11.7. The molecule has 0 saturated heterocycles. The Kier molecular flexibility index (Phi) is 4.70. The van der Waals surface area contributed by atoms with Gasteiger partial charge in [-0.1, -0.05) is 18.2 Å². The van der Waals surface area contributed by atoms with Crippen LogP contribution in [0.2, 0.25) is 0 Å². The zero-order valence-electron chi connectivity index (χ0n) is 11.5. The summed E-state index contributed by atoms with van der Waals surface area (Å²) in [6.07, 6.45) is 2.27. The van der Waals surface area contributed by atoms with Gasteiger partial charge in [0.25, 0.3) is 0 Å². The van der Waals surface area contributed by atoms with Crippen LogP contribution in [0.15, 0.2) is 48.7 Å². The zero-order valence-corrected chi connectivity index (χ0v) is 11.5. The van der Waals surface area contributed by atoms with Gasteiger partial charge in [0.05, 0.1) is 30.1 Å². The second-order valence-electron chi connectivity index (χ2n) is 4.63.